The second-order valence-corrected chi connectivity index (χ2v) is 2.67. The van der Waals surface area contributed by atoms with Crippen LogP contribution in [0.1, 0.15) is 15.9 Å². The summed E-state index contributed by atoms with van der Waals surface area (Å²) in [5.41, 5.74) is 4.54. The van der Waals surface area contributed by atoms with Crippen LogP contribution in [0, 0.1) is 6.92 Å². The molecule has 0 aliphatic heterocycles. The maximum Gasteiger partial charge on any atom is 0.338 e. The van der Waals surface area contributed by atoms with E-state index < -0.39 is 0 Å². The standard InChI is InChI=1S/C9H12N2O2.2ClH/c1-6-3-4-7(11-10)5-8(6)9(12)13-2;;/h3-5,11H,10H2,1-2H3;2*1H. The quantitative estimate of drug-likeness (QED) is 0.480. The number of anilines is 1. The number of hydrogen-bond acceptors (Lipinski definition) is 4. The van der Waals surface area contributed by atoms with Crippen molar-refractivity contribution in [3.8, 4) is 0 Å². The molecule has 1 aromatic carbocycles. The third-order valence-electron chi connectivity index (χ3n) is 1.81. The molecule has 0 radical (unpaired) electrons. The van der Waals surface area contributed by atoms with Gasteiger partial charge >= 0.3 is 5.97 Å². The zero-order chi connectivity index (χ0) is 9.84. The number of rotatable bonds is 2. The summed E-state index contributed by atoms with van der Waals surface area (Å²) < 4.78 is 4.61. The van der Waals surface area contributed by atoms with Crippen LogP contribution in [-0.4, -0.2) is 13.1 Å². The van der Waals surface area contributed by atoms with E-state index in [1.165, 1.54) is 7.11 Å². The van der Waals surface area contributed by atoms with Gasteiger partial charge in [0, 0.05) is 5.69 Å². The number of hydrogen-bond donors (Lipinski definition) is 2. The maximum atomic E-state index is 11.2. The molecule has 0 saturated heterocycles. The van der Waals surface area contributed by atoms with Gasteiger partial charge in [-0.25, -0.2) is 4.79 Å². The normalized spacial score (nSPS) is 8.20. The van der Waals surface area contributed by atoms with Gasteiger partial charge in [-0.3, -0.25) is 5.84 Å². The third-order valence-corrected chi connectivity index (χ3v) is 1.81. The number of ether oxygens (including phenoxy) is 1. The van der Waals surface area contributed by atoms with E-state index in [9.17, 15) is 4.79 Å². The van der Waals surface area contributed by atoms with Crippen LogP contribution in [0.15, 0.2) is 18.2 Å². The second-order valence-electron chi connectivity index (χ2n) is 2.67. The van der Waals surface area contributed by atoms with Crippen molar-refractivity contribution in [3.63, 3.8) is 0 Å². The van der Waals surface area contributed by atoms with E-state index in [-0.39, 0.29) is 30.8 Å². The van der Waals surface area contributed by atoms with Gasteiger partial charge in [0.25, 0.3) is 0 Å². The van der Waals surface area contributed by atoms with Gasteiger partial charge < -0.3 is 10.2 Å². The number of nitrogen functional groups attached to an aromatic ring is 1. The minimum Gasteiger partial charge on any atom is -0.465 e. The summed E-state index contributed by atoms with van der Waals surface area (Å²) in [5.74, 6) is 4.86. The summed E-state index contributed by atoms with van der Waals surface area (Å²) in [6.07, 6.45) is 0. The van der Waals surface area contributed by atoms with E-state index in [4.69, 9.17) is 5.84 Å². The summed E-state index contributed by atoms with van der Waals surface area (Å²) in [4.78, 5) is 11.2. The molecule has 6 heteroatoms. The van der Waals surface area contributed by atoms with Crippen molar-refractivity contribution in [1.82, 2.24) is 0 Å². The van der Waals surface area contributed by atoms with E-state index in [1.807, 2.05) is 6.92 Å². The van der Waals surface area contributed by atoms with Gasteiger partial charge in [0.1, 0.15) is 0 Å². The van der Waals surface area contributed by atoms with Crippen LogP contribution < -0.4 is 11.3 Å². The van der Waals surface area contributed by atoms with Crippen LogP contribution in [0.3, 0.4) is 0 Å². The number of hydrazine groups is 1. The smallest absolute Gasteiger partial charge is 0.338 e. The molecule has 0 unspecified atom stereocenters. The van der Waals surface area contributed by atoms with Gasteiger partial charge in [0.2, 0.25) is 0 Å². The predicted octanol–water partition coefficient (Wildman–Crippen LogP) is 1.91. The highest BCUT2D eigenvalue weighted by atomic mass is 35.5. The molecule has 0 aliphatic rings. The lowest BCUT2D eigenvalue weighted by molar-refractivity contribution is 0.0600. The summed E-state index contributed by atoms with van der Waals surface area (Å²) in [6.45, 7) is 1.84. The molecule has 15 heavy (non-hydrogen) atoms. The van der Waals surface area contributed by atoms with Crippen LogP contribution in [-0.2, 0) is 4.74 Å². The molecule has 0 spiro atoms. The average molecular weight is 253 g/mol. The minimum absolute atomic E-state index is 0. The fraction of sp³-hybridized carbons (Fsp3) is 0.222. The first-order valence-corrected chi connectivity index (χ1v) is 3.84. The first kappa shape index (κ1) is 16.5. The second kappa shape index (κ2) is 7.34. The Labute approximate surface area is 101 Å². The average Bonchev–Trinajstić information content (AvgIpc) is 2.17. The van der Waals surface area contributed by atoms with E-state index in [0.717, 1.165) is 5.56 Å². The van der Waals surface area contributed by atoms with Crippen molar-refractivity contribution in [2.75, 3.05) is 12.5 Å². The van der Waals surface area contributed by atoms with Crippen LogP contribution >= 0.6 is 24.8 Å². The Kier molecular flexibility index (Phi) is 8.05. The molecule has 0 amide bonds. The first-order valence-electron chi connectivity index (χ1n) is 3.84. The first-order chi connectivity index (χ1) is 6.19. The lowest BCUT2D eigenvalue weighted by Gasteiger charge is -2.06. The number of benzene rings is 1. The van der Waals surface area contributed by atoms with Crippen LogP contribution in [0.25, 0.3) is 0 Å². The van der Waals surface area contributed by atoms with Crippen molar-refractivity contribution < 1.29 is 9.53 Å². The molecule has 0 fully saturated rings. The number of carbonyl (C=O) groups is 1. The van der Waals surface area contributed by atoms with Gasteiger partial charge in [-0.2, -0.15) is 0 Å². The summed E-state index contributed by atoms with van der Waals surface area (Å²) >= 11 is 0. The predicted molar refractivity (Wildman–Crippen MR) is 64.8 cm³/mol. The van der Waals surface area contributed by atoms with Crippen molar-refractivity contribution in [2.24, 2.45) is 5.84 Å². The number of carbonyl (C=O) groups excluding carboxylic acids is 1. The molecule has 3 N–H and O–H groups in total. The highest BCUT2D eigenvalue weighted by molar-refractivity contribution is 5.92. The number of nitrogens with two attached hydrogens (primary N) is 1. The van der Waals surface area contributed by atoms with E-state index in [2.05, 4.69) is 10.2 Å². The van der Waals surface area contributed by atoms with Crippen molar-refractivity contribution in [2.45, 2.75) is 6.92 Å². The summed E-state index contributed by atoms with van der Waals surface area (Å²) in [5, 5.41) is 0. The molecular formula is C9H14Cl2N2O2. The monoisotopic (exact) mass is 252 g/mol. The molecule has 0 atom stereocenters. The Hall–Kier alpha value is -0.970. The van der Waals surface area contributed by atoms with Crippen LogP contribution in [0.5, 0.6) is 0 Å². The Bertz CT molecular complexity index is 332. The highest BCUT2D eigenvalue weighted by Crippen LogP contribution is 2.14. The fourth-order valence-electron chi connectivity index (χ4n) is 1.04. The maximum absolute atomic E-state index is 11.2. The van der Waals surface area contributed by atoms with Gasteiger partial charge in [-0.1, -0.05) is 6.07 Å². The Morgan fingerprint density at radius 2 is 2.00 bits per heavy atom. The Morgan fingerprint density at radius 3 is 2.47 bits per heavy atom. The van der Waals surface area contributed by atoms with Gasteiger partial charge in [0.15, 0.2) is 0 Å². The topological polar surface area (TPSA) is 64.3 Å². The van der Waals surface area contributed by atoms with Crippen LogP contribution in [0.2, 0.25) is 0 Å². The zero-order valence-electron chi connectivity index (χ0n) is 8.44. The van der Waals surface area contributed by atoms with Crippen molar-refractivity contribution in [1.29, 1.82) is 0 Å². The summed E-state index contributed by atoms with van der Waals surface area (Å²) in [6, 6.07) is 5.25. The molecule has 86 valence electrons. The molecule has 1 aromatic rings. The molecule has 0 bridgehead atoms. The molecule has 0 aliphatic carbocycles. The third kappa shape index (κ3) is 3.95. The van der Waals surface area contributed by atoms with Crippen molar-refractivity contribution >= 4 is 36.5 Å². The lowest BCUT2D eigenvalue weighted by atomic mass is 10.1. The SMILES string of the molecule is COC(=O)c1cc(NN)ccc1C.Cl.Cl. The van der Waals surface area contributed by atoms with Gasteiger partial charge in [-0.05, 0) is 24.6 Å². The fourth-order valence-corrected chi connectivity index (χ4v) is 1.04. The number of esters is 1. The lowest BCUT2D eigenvalue weighted by Crippen LogP contribution is -2.09. The molecule has 0 heterocycles. The van der Waals surface area contributed by atoms with E-state index in [0.29, 0.717) is 11.3 Å². The molecule has 0 saturated carbocycles. The van der Waals surface area contributed by atoms with Gasteiger partial charge in [0.05, 0.1) is 12.7 Å². The molecule has 4 nitrogen and oxygen atoms in total. The van der Waals surface area contributed by atoms with E-state index >= 15 is 0 Å². The number of methoxy groups -OCH3 is 1. The van der Waals surface area contributed by atoms with Crippen LogP contribution in [0.4, 0.5) is 5.69 Å². The van der Waals surface area contributed by atoms with Crippen molar-refractivity contribution in [3.05, 3.63) is 29.3 Å². The minimum atomic E-state index is -0.352. The zero-order valence-corrected chi connectivity index (χ0v) is 10.1. The summed E-state index contributed by atoms with van der Waals surface area (Å²) in [7, 11) is 1.35. The van der Waals surface area contributed by atoms with Gasteiger partial charge in [-0.15, -0.1) is 24.8 Å². The van der Waals surface area contributed by atoms with E-state index in [1.54, 1.807) is 18.2 Å². The number of halogens is 2. The largest absolute Gasteiger partial charge is 0.465 e. The highest BCUT2D eigenvalue weighted by Gasteiger charge is 2.08. The Morgan fingerprint density at radius 1 is 1.40 bits per heavy atom. The number of aryl methyl sites for hydroxylation is 1. The molecule has 0 aromatic heterocycles. The Balaban J connectivity index is 0. The molecular weight excluding hydrogens is 239 g/mol. The molecule has 1 rings (SSSR count). The number of nitrogens with one attached hydrogen (secondary N) is 1.